The maximum Gasteiger partial charge on any atom is 0.170 e. The third-order valence-electron chi connectivity index (χ3n) is 5.00. The van der Waals surface area contributed by atoms with Crippen LogP contribution >= 0.6 is 11.8 Å². The van der Waals surface area contributed by atoms with E-state index in [1.165, 1.54) is 21.9 Å². The van der Waals surface area contributed by atoms with Crippen LogP contribution in [0.25, 0.3) is 0 Å². The molecule has 1 heterocycles. The summed E-state index contributed by atoms with van der Waals surface area (Å²) in [5.41, 5.74) is 3.61. The number of ketones is 1. The normalized spacial score (nSPS) is 14.1. The molecule has 0 N–H and O–H groups in total. The average Bonchev–Trinajstić information content (AvgIpc) is 2.68. The second-order valence-electron chi connectivity index (χ2n) is 6.85. The molecular weight excluding hydrogens is 355 g/mol. The molecule has 1 aliphatic heterocycles. The van der Waals surface area contributed by atoms with Crippen LogP contribution in [0.1, 0.15) is 34.3 Å². The van der Waals surface area contributed by atoms with Crippen molar-refractivity contribution < 1.29 is 9.18 Å². The fourth-order valence-electron chi connectivity index (χ4n) is 3.76. The van der Waals surface area contributed by atoms with Gasteiger partial charge in [-0.15, -0.1) is 0 Å². The first-order chi connectivity index (χ1) is 13.1. The fourth-order valence-corrected chi connectivity index (χ4v) is 4.92. The lowest BCUT2D eigenvalue weighted by Gasteiger charge is -2.33. The maximum absolute atomic E-state index is 13.4. The molecule has 1 atom stereocenters. The third kappa shape index (κ3) is 3.24. The molecule has 0 aliphatic carbocycles. The van der Waals surface area contributed by atoms with Crippen molar-refractivity contribution in [3.05, 3.63) is 107 Å². The quantitative estimate of drug-likeness (QED) is 0.383. The summed E-state index contributed by atoms with van der Waals surface area (Å²) >= 11 is 1.73. The molecule has 1 nitrogen and oxygen atoms in total. The number of fused-ring (bicyclic) bond motifs is 2. The number of allylic oxidation sites excluding steroid dienone is 1. The Morgan fingerprint density at radius 1 is 0.926 bits per heavy atom. The highest BCUT2D eigenvalue weighted by Gasteiger charge is 2.37. The van der Waals surface area contributed by atoms with Crippen molar-refractivity contribution in [1.82, 2.24) is 0 Å². The molecule has 1 aliphatic rings. The first-order valence-corrected chi connectivity index (χ1v) is 9.69. The first kappa shape index (κ1) is 17.7. The van der Waals surface area contributed by atoms with Crippen molar-refractivity contribution in [1.29, 1.82) is 0 Å². The van der Waals surface area contributed by atoms with Crippen LogP contribution in [0.15, 0.2) is 94.7 Å². The fraction of sp³-hybridized carbons (Fsp3) is 0.125. The van der Waals surface area contributed by atoms with Crippen LogP contribution in [0.2, 0.25) is 0 Å². The highest BCUT2D eigenvalue weighted by molar-refractivity contribution is 7.99. The van der Waals surface area contributed by atoms with Gasteiger partial charge in [-0.05, 0) is 54.4 Å². The van der Waals surface area contributed by atoms with Gasteiger partial charge in [-0.25, -0.2) is 4.39 Å². The predicted octanol–water partition coefficient (Wildman–Crippen LogP) is 6.50. The molecule has 0 spiro atoms. The van der Waals surface area contributed by atoms with E-state index in [4.69, 9.17) is 0 Å². The molecule has 0 bridgehead atoms. The van der Waals surface area contributed by atoms with Crippen molar-refractivity contribution in [2.45, 2.75) is 22.6 Å². The van der Waals surface area contributed by atoms with Crippen molar-refractivity contribution in [2.75, 3.05) is 0 Å². The summed E-state index contributed by atoms with van der Waals surface area (Å²) in [6.45, 7) is 6.04. The van der Waals surface area contributed by atoms with Gasteiger partial charge < -0.3 is 0 Å². The average molecular weight is 374 g/mol. The lowest BCUT2D eigenvalue weighted by Crippen LogP contribution is -2.26. The van der Waals surface area contributed by atoms with E-state index in [2.05, 4.69) is 30.8 Å². The van der Waals surface area contributed by atoms with E-state index in [0.29, 0.717) is 5.56 Å². The van der Waals surface area contributed by atoms with Crippen LogP contribution in [0, 0.1) is 11.7 Å². The number of hydrogen-bond acceptors (Lipinski definition) is 2. The number of rotatable bonds is 4. The van der Waals surface area contributed by atoms with Crippen molar-refractivity contribution in [2.24, 2.45) is 5.92 Å². The van der Waals surface area contributed by atoms with Crippen molar-refractivity contribution >= 4 is 17.5 Å². The number of carbonyl (C=O) groups is 1. The molecule has 134 valence electrons. The standard InChI is InChI=1S/C24H19FOS/c1-15(2)22(24(26)16-11-13-17(25)14-12-16)23-18-7-3-5-9-20(18)27-21-10-6-4-8-19(21)23/h3-14,22-23H,1H2,2H3. The molecule has 0 saturated carbocycles. The topological polar surface area (TPSA) is 17.1 Å². The molecule has 3 heteroatoms. The Hall–Kier alpha value is -2.65. The Bertz CT molecular complexity index is 977. The second-order valence-corrected chi connectivity index (χ2v) is 7.93. The summed E-state index contributed by atoms with van der Waals surface area (Å²) in [7, 11) is 0. The largest absolute Gasteiger partial charge is 0.293 e. The molecule has 4 rings (SSSR count). The molecule has 0 aromatic heterocycles. The lowest BCUT2D eigenvalue weighted by molar-refractivity contribution is 0.0929. The van der Waals surface area contributed by atoms with Gasteiger partial charge in [-0.2, -0.15) is 0 Å². The van der Waals surface area contributed by atoms with E-state index < -0.39 is 5.92 Å². The van der Waals surface area contributed by atoms with Crippen molar-refractivity contribution in [3.63, 3.8) is 0 Å². The Kier molecular flexibility index (Phi) is 4.71. The highest BCUT2D eigenvalue weighted by Crippen LogP contribution is 2.50. The Balaban J connectivity index is 1.87. The number of halogens is 1. The smallest absolute Gasteiger partial charge is 0.170 e. The molecule has 0 amide bonds. The second kappa shape index (κ2) is 7.16. The Morgan fingerprint density at radius 3 is 1.96 bits per heavy atom. The summed E-state index contributed by atoms with van der Waals surface area (Å²) in [5, 5.41) is 0. The van der Waals surface area contributed by atoms with Crippen molar-refractivity contribution in [3.8, 4) is 0 Å². The van der Waals surface area contributed by atoms with E-state index in [0.717, 1.165) is 16.7 Å². The van der Waals surface area contributed by atoms with Gasteiger partial charge in [0.25, 0.3) is 0 Å². The molecule has 0 saturated heterocycles. The molecule has 0 radical (unpaired) electrons. The molecule has 0 fully saturated rings. The van der Waals surface area contributed by atoms with Crippen LogP contribution in [0.5, 0.6) is 0 Å². The number of Topliss-reactive ketones (excluding diaryl/α,β-unsaturated/α-hetero) is 1. The van der Waals surface area contributed by atoms with Gasteiger partial charge in [-0.1, -0.05) is 60.3 Å². The van der Waals surface area contributed by atoms with Gasteiger partial charge in [0.15, 0.2) is 5.78 Å². The maximum atomic E-state index is 13.4. The summed E-state index contributed by atoms with van der Waals surface area (Å²) in [4.78, 5) is 15.8. The summed E-state index contributed by atoms with van der Waals surface area (Å²) < 4.78 is 13.3. The zero-order valence-corrected chi connectivity index (χ0v) is 15.8. The summed E-state index contributed by atoms with van der Waals surface area (Å²) in [6, 6.07) is 22.2. The molecule has 3 aromatic rings. The minimum Gasteiger partial charge on any atom is -0.293 e. The Labute approximate surface area is 162 Å². The minimum atomic E-state index is -0.404. The lowest BCUT2D eigenvalue weighted by atomic mass is 9.74. The first-order valence-electron chi connectivity index (χ1n) is 8.87. The van der Waals surface area contributed by atoms with Crippen LogP contribution in [-0.4, -0.2) is 5.78 Å². The molecule has 1 unspecified atom stereocenters. The summed E-state index contributed by atoms with van der Waals surface area (Å²) in [5.74, 6) is -0.875. The van der Waals surface area contributed by atoms with E-state index in [9.17, 15) is 9.18 Å². The minimum absolute atomic E-state index is 0.0241. The predicted molar refractivity (Wildman–Crippen MR) is 108 cm³/mol. The molecule has 27 heavy (non-hydrogen) atoms. The Morgan fingerprint density at radius 2 is 1.44 bits per heavy atom. The van der Waals surface area contributed by atoms with Crippen LogP contribution in [0.3, 0.4) is 0 Å². The van der Waals surface area contributed by atoms with E-state index >= 15 is 0 Å². The number of benzene rings is 3. The van der Waals surface area contributed by atoms with Crippen LogP contribution in [0.4, 0.5) is 4.39 Å². The van der Waals surface area contributed by atoms with Gasteiger partial charge in [0.2, 0.25) is 0 Å². The molecular formula is C24H19FOS. The monoisotopic (exact) mass is 374 g/mol. The van der Waals surface area contributed by atoms with Gasteiger partial charge in [0.05, 0.1) is 5.92 Å². The highest BCUT2D eigenvalue weighted by atomic mass is 32.2. The third-order valence-corrected chi connectivity index (χ3v) is 6.19. The van der Waals surface area contributed by atoms with Gasteiger partial charge in [-0.3, -0.25) is 4.79 Å². The SMILES string of the molecule is C=C(C)C(C(=O)c1ccc(F)cc1)C1c2ccccc2Sc2ccccc21. The van der Waals surface area contributed by atoms with E-state index in [1.54, 1.807) is 23.9 Å². The van der Waals surface area contributed by atoms with Crippen LogP contribution in [-0.2, 0) is 0 Å². The van der Waals surface area contributed by atoms with E-state index in [1.807, 2.05) is 31.2 Å². The zero-order chi connectivity index (χ0) is 19.0. The van der Waals surface area contributed by atoms with Crippen LogP contribution < -0.4 is 0 Å². The summed E-state index contributed by atoms with van der Waals surface area (Å²) in [6.07, 6.45) is 0. The van der Waals surface area contributed by atoms with Gasteiger partial charge in [0.1, 0.15) is 5.82 Å². The van der Waals surface area contributed by atoms with Gasteiger partial charge >= 0.3 is 0 Å². The van der Waals surface area contributed by atoms with Gasteiger partial charge in [0, 0.05) is 21.3 Å². The van der Waals surface area contributed by atoms with E-state index in [-0.39, 0.29) is 17.5 Å². The number of carbonyl (C=O) groups excluding carboxylic acids is 1. The zero-order valence-electron chi connectivity index (χ0n) is 15.0. The number of hydrogen-bond donors (Lipinski definition) is 0. The molecule has 3 aromatic carbocycles.